The first-order valence-corrected chi connectivity index (χ1v) is 12.2. The van der Waals surface area contributed by atoms with Crippen molar-refractivity contribution in [3.05, 3.63) is 88.3 Å². The van der Waals surface area contributed by atoms with Gasteiger partial charge in [-0.3, -0.25) is 4.79 Å². The summed E-state index contributed by atoms with van der Waals surface area (Å²) in [5, 5.41) is 13.3. The molecule has 6 nitrogen and oxygen atoms in total. The van der Waals surface area contributed by atoms with E-state index in [1.165, 1.54) is 10.1 Å². The topological polar surface area (TPSA) is 78.1 Å². The van der Waals surface area contributed by atoms with Gasteiger partial charge in [-0.05, 0) is 54.1 Å². The summed E-state index contributed by atoms with van der Waals surface area (Å²) in [6, 6.07) is 23.0. The first kappa shape index (κ1) is 20.7. The molecule has 2 unspecified atom stereocenters. The summed E-state index contributed by atoms with van der Waals surface area (Å²) in [5.41, 5.74) is 3.28. The van der Waals surface area contributed by atoms with Crippen molar-refractivity contribution < 1.29 is 4.79 Å². The third-order valence-corrected chi connectivity index (χ3v) is 7.96. The molecule has 1 N–H and O–H groups in total. The fraction of sp³-hybridized carbons (Fsp3) is 0.222. The summed E-state index contributed by atoms with van der Waals surface area (Å²) in [4.78, 5) is 28.9. The number of piperidine rings is 1. The van der Waals surface area contributed by atoms with Crippen LogP contribution in [0.5, 0.6) is 0 Å². The largest absolute Gasteiger partial charge is 0.324 e. The highest BCUT2D eigenvalue weighted by molar-refractivity contribution is 7.22. The Labute approximate surface area is 200 Å². The van der Waals surface area contributed by atoms with Crippen LogP contribution in [0.25, 0.3) is 20.5 Å². The van der Waals surface area contributed by atoms with Gasteiger partial charge >= 0.3 is 6.03 Å². The Hall–Kier alpha value is -3.89. The number of nitriles is 1. The maximum Gasteiger partial charge on any atom is 0.321 e. The predicted molar refractivity (Wildman–Crippen MR) is 134 cm³/mol. The Kier molecular flexibility index (Phi) is 4.96. The second-order valence-corrected chi connectivity index (χ2v) is 10.1. The minimum Gasteiger partial charge on any atom is -0.324 e. The molecule has 6 rings (SSSR count). The molecule has 0 saturated carbocycles. The molecular formula is C27H22N4O2S. The van der Waals surface area contributed by atoms with E-state index in [1.807, 2.05) is 27.7 Å². The van der Waals surface area contributed by atoms with Gasteiger partial charge in [0.1, 0.15) is 0 Å². The van der Waals surface area contributed by atoms with E-state index < -0.39 is 0 Å². The molecule has 34 heavy (non-hydrogen) atoms. The number of likely N-dealkylation sites (tertiary alicyclic amines) is 1. The Morgan fingerprint density at radius 3 is 2.76 bits per heavy atom. The van der Waals surface area contributed by atoms with Gasteiger partial charge in [0.2, 0.25) is 0 Å². The lowest BCUT2D eigenvalue weighted by molar-refractivity contribution is 0.140. The van der Waals surface area contributed by atoms with Crippen molar-refractivity contribution in [2.75, 3.05) is 18.4 Å². The summed E-state index contributed by atoms with van der Waals surface area (Å²) in [5.74, 6) is 0.329. The quantitative estimate of drug-likeness (QED) is 0.438. The Balaban J connectivity index is 1.33. The summed E-state index contributed by atoms with van der Waals surface area (Å²) < 4.78 is 3.16. The van der Waals surface area contributed by atoms with Gasteiger partial charge in [0.25, 0.3) is 5.56 Å². The van der Waals surface area contributed by atoms with Gasteiger partial charge in [-0.25, -0.2) is 4.79 Å². The fourth-order valence-electron chi connectivity index (χ4n) is 5.37. The number of rotatable bonds is 2. The molecule has 168 valence electrons. The zero-order valence-electron chi connectivity index (χ0n) is 18.4. The molecule has 0 spiro atoms. The third-order valence-electron chi connectivity index (χ3n) is 6.81. The standard InChI is InChI=1S/C27H22N4O2S/c28-13-17-4-3-6-21(11-17)29-27(33)30-14-18-10-20(16-30)26-22(8-9-25(32)31(26)15-18)24-12-19-5-1-2-7-23(19)34-24/h1-9,11-12,18,20H,10,14-16H2,(H,29,33). The second kappa shape index (κ2) is 8.15. The lowest BCUT2D eigenvalue weighted by Crippen LogP contribution is -2.50. The van der Waals surface area contributed by atoms with Gasteiger partial charge in [-0.15, -0.1) is 11.3 Å². The Morgan fingerprint density at radius 1 is 1.03 bits per heavy atom. The number of aromatic nitrogens is 1. The predicted octanol–water partition coefficient (Wildman–Crippen LogP) is 5.25. The number of nitrogens with one attached hydrogen (secondary N) is 1. The SMILES string of the molecule is N#Cc1cccc(NC(=O)N2CC3CC(C2)c2c(-c4cc5ccccc5s4)ccc(=O)n2C3)c1. The number of anilines is 1. The van der Waals surface area contributed by atoms with E-state index in [9.17, 15) is 9.59 Å². The Morgan fingerprint density at radius 2 is 1.91 bits per heavy atom. The van der Waals surface area contributed by atoms with Gasteiger partial charge in [-0.2, -0.15) is 5.26 Å². The highest BCUT2D eigenvalue weighted by Gasteiger charge is 2.38. The minimum absolute atomic E-state index is 0.0285. The molecule has 2 bridgehead atoms. The van der Waals surface area contributed by atoms with E-state index >= 15 is 0 Å². The maximum atomic E-state index is 13.1. The lowest BCUT2D eigenvalue weighted by Gasteiger charge is -2.43. The number of urea groups is 1. The number of fused-ring (bicyclic) bond motifs is 5. The van der Waals surface area contributed by atoms with Crippen molar-refractivity contribution in [1.82, 2.24) is 9.47 Å². The minimum atomic E-state index is -0.167. The monoisotopic (exact) mass is 466 g/mol. The lowest BCUT2D eigenvalue weighted by atomic mass is 9.81. The van der Waals surface area contributed by atoms with Crippen molar-refractivity contribution in [1.29, 1.82) is 5.26 Å². The number of hydrogen-bond donors (Lipinski definition) is 1. The van der Waals surface area contributed by atoms with E-state index in [0.717, 1.165) is 22.6 Å². The summed E-state index contributed by atoms with van der Waals surface area (Å²) in [7, 11) is 0. The van der Waals surface area contributed by atoms with Crippen LogP contribution >= 0.6 is 11.3 Å². The molecule has 2 aliphatic rings. The van der Waals surface area contributed by atoms with E-state index in [1.54, 1.807) is 41.7 Å². The molecule has 2 aliphatic heterocycles. The average Bonchev–Trinajstić information content (AvgIpc) is 3.29. The highest BCUT2D eigenvalue weighted by atomic mass is 32.1. The summed E-state index contributed by atoms with van der Waals surface area (Å²) >= 11 is 1.74. The number of carbonyl (C=O) groups is 1. The van der Waals surface area contributed by atoms with Gasteiger partial charge < -0.3 is 14.8 Å². The number of benzene rings is 2. The fourth-order valence-corrected chi connectivity index (χ4v) is 6.47. The molecule has 2 aromatic heterocycles. The molecule has 1 fully saturated rings. The third kappa shape index (κ3) is 3.57. The second-order valence-electron chi connectivity index (χ2n) is 9.06. The van der Waals surface area contributed by atoms with Crippen LogP contribution in [0.4, 0.5) is 10.5 Å². The maximum absolute atomic E-state index is 13.1. The van der Waals surface area contributed by atoms with Crippen molar-refractivity contribution >= 4 is 33.1 Å². The first-order valence-electron chi connectivity index (χ1n) is 11.4. The molecule has 1 saturated heterocycles. The van der Waals surface area contributed by atoms with Crippen molar-refractivity contribution in [2.45, 2.75) is 18.9 Å². The highest BCUT2D eigenvalue weighted by Crippen LogP contribution is 2.42. The van der Waals surface area contributed by atoms with Crippen LogP contribution in [-0.2, 0) is 6.54 Å². The molecule has 0 aliphatic carbocycles. The van der Waals surface area contributed by atoms with Gasteiger partial charge in [0, 0.05) is 58.1 Å². The van der Waals surface area contributed by atoms with Crippen LogP contribution in [0.3, 0.4) is 0 Å². The smallest absolute Gasteiger partial charge is 0.321 e. The normalized spacial score (nSPS) is 18.9. The van der Waals surface area contributed by atoms with Gasteiger partial charge in [0.05, 0.1) is 11.6 Å². The number of pyridine rings is 1. The number of amides is 2. The van der Waals surface area contributed by atoms with Crippen LogP contribution in [0.2, 0.25) is 0 Å². The molecule has 0 radical (unpaired) electrons. The van der Waals surface area contributed by atoms with E-state index in [0.29, 0.717) is 30.9 Å². The van der Waals surface area contributed by atoms with Crippen molar-refractivity contribution in [2.24, 2.45) is 5.92 Å². The molecular weight excluding hydrogens is 444 g/mol. The van der Waals surface area contributed by atoms with Crippen LogP contribution in [-0.4, -0.2) is 28.6 Å². The number of carbonyl (C=O) groups excluding carboxylic acids is 1. The number of hydrogen-bond acceptors (Lipinski definition) is 4. The molecule has 7 heteroatoms. The Bertz CT molecular complexity index is 1500. The zero-order valence-corrected chi connectivity index (χ0v) is 19.2. The molecule has 4 aromatic rings. The molecule has 2 atom stereocenters. The van der Waals surface area contributed by atoms with Gasteiger partial charge in [-0.1, -0.05) is 24.3 Å². The van der Waals surface area contributed by atoms with E-state index in [-0.39, 0.29) is 23.4 Å². The first-order chi connectivity index (χ1) is 16.6. The van der Waals surface area contributed by atoms with Crippen molar-refractivity contribution in [3.8, 4) is 16.5 Å². The number of nitrogens with zero attached hydrogens (tertiary/aromatic N) is 3. The zero-order chi connectivity index (χ0) is 23.2. The molecule has 2 aromatic carbocycles. The summed E-state index contributed by atoms with van der Waals surface area (Å²) in [6.45, 7) is 1.79. The van der Waals surface area contributed by atoms with Crippen molar-refractivity contribution in [3.63, 3.8) is 0 Å². The van der Waals surface area contributed by atoms with Crippen LogP contribution in [0.15, 0.2) is 71.5 Å². The number of thiophene rings is 1. The van der Waals surface area contributed by atoms with E-state index in [4.69, 9.17) is 5.26 Å². The average molecular weight is 467 g/mol. The van der Waals surface area contributed by atoms with E-state index in [2.05, 4.69) is 29.6 Å². The van der Waals surface area contributed by atoms with Gasteiger partial charge in [0.15, 0.2) is 0 Å². The summed E-state index contributed by atoms with van der Waals surface area (Å²) in [6.07, 6.45) is 0.967. The van der Waals surface area contributed by atoms with Crippen LogP contribution in [0.1, 0.15) is 23.6 Å². The molecule has 2 amide bonds. The molecule has 4 heterocycles. The van der Waals surface area contributed by atoms with Crippen LogP contribution in [0, 0.1) is 17.2 Å². The van der Waals surface area contributed by atoms with Crippen LogP contribution < -0.4 is 10.9 Å².